The van der Waals surface area contributed by atoms with Crippen LogP contribution < -0.4 is 5.32 Å². The van der Waals surface area contributed by atoms with E-state index >= 15 is 0 Å². The van der Waals surface area contributed by atoms with Gasteiger partial charge in [0, 0.05) is 16.9 Å². The minimum atomic E-state index is -1.49. The summed E-state index contributed by atoms with van der Waals surface area (Å²) in [7, 11) is 0. The molecule has 0 aliphatic carbocycles. The molecule has 2 rings (SSSR count). The Kier molecular flexibility index (Phi) is 8.91. The second-order valence-electron chi connectivity index (χ2n) is 5.81. The fraction of sp³-hybridized carbons (Fsp3) is 0.200. The number of aliphatic hydroxyl groups is 1. The van der Waals surface area contributed by atoms with Crippen molar-refractivity contribution in [2.75, 3.05) is 12.4 Å². The molecule has 0 bridgehead atoms. The van der Waals surface area contributed by atoms with Gasteiger partial charge in [-0.25, -0.2) is 4.79 Å². The quantitative estimate of drug-likeness (QED) is 0.550. The van der Waals surface area contributed by atoms with Crippen LogP contribution in [0.4, 0.5) is 0 Å². The number of aliphatic carboxylic acids is 1. The van der Waals surface area contributed by atoms with Crippen LogP contribution in [0, 0.1) is 0 Å². The van der Waals surface area contributed by atoms with Crippen molar-refractivity contribution in [3.05, 3.63) is 71.8 Å². The van der Waals surface area contributed by atoms with Gasteiger partial charge in [0.1, 0.15) is 11.3 Å². The molecule has 0 heterocycles. The molecule has 2 aromatic carbocycles. The Bertz CT molecular complexity index is 860. The first kappa shape index (κ1) is 22.7. The number of aliphatic hydroxyl groups excluding tert-OH is 1. The van der Waals surface area contributed by atoms with Gasteiger partial charge < -0.3 is 15.5 Å². The number of carbonyl (C=O) groups excluding carboxylic acids is 3. The van der Waals surface area contributed by atoms with Crippen LogP contribution in [0.15, 0.2) is 60.7 Å². The average molecular weight is 434 g/mol. The van der Waals surface area contributed by atoms with Gasteiger partial charge in [0.25, 0.3) is 0 Å². The normalized spacial score (nSPS) is 12.6. The highest BCUT2D eigenvalue weighted by molar-refractivity contribution is 8.18. The van der Waals surface area contributed by atoms with Crippen LogP contribution >= 0.6 is 23.5 Å². The molecule has 7 nitrogen and oxygen atoms in total. The molecule has 0 saturated carbocycles. The summed E-state index contributed by atoms with van der Waals surface area (Å²) < 4.78 is 0. The molecule has 29 heavy (non-hydrogen) atoms. The van der Waals surface area contributed by atoms with Crippen molar-refractivity contribution in [3.63, 3.8) is 0 Å². The number of nitrogens with one attached hydrogen (secondary N) is 1. The van der Waals surface area contributed by atoms with Crippen LogP contribution in [0.25, 0.3) is 0 Å². The SMILES string of the molecule is O=C(SC[C@H](SC(=O)c1ccccc1)C(=O)NC(CO)C(=O)O)c1ccccc1. The maximum Gasteiger partial charge on any atom is 0.328 e. The minimum Gasteiger partial charge on any atom is -0.480 e. The Balaban J connectivity index is 2.11. The van der Waals surface area contributed by atoms with Crippen molar-refractivity contribution < 1.29 is 29.4 Å². The minimum absolute atomic E-state index is 0.0411. The summed E-state index contributed by atoms with van der Waals surface area (Å²) in [5, 5.41) is 18.7. The maximum atomic E-state index is 12.5. The van der Waals surface area contributed by atoms with E-state index in [1.807, 2.05) is 0 Å². The number of carboxylic acids is 1. The van der Waals surface area contributed by atoms with Gasteiger partial charge in [-0.2, -0.15) is 0 Å². The molecule has 1 unspecified atom stereocenters. The number of carboxylic acid groups (broad SMARTS) is 1. The third kappa shape index (κ3) is 7.04. The summed E-state index contributed by atoms with van der Waals surface area (Å²) in [6.45, 7) is -0.790. The fourth-order valence-corrected chi connectivity index (χ4v) is 4.13. The van der Waals surface area contributed by atoms with Crippen molar-refractivity contribution >= 4 is 45.6 Å². The molecule has 1 amide bonds. The average Bonchev–Trinajstić information content (AvgIpc) is 2.75. The predicted octanol–water partition coefficient (Wildman–Crippen LogP) is 2.06. The van der Waals surface area contributed by atoms with E-state index in [9.17, 15) is 19.2 Å². The Hall–Kier alpha value is -2.62. The number of thioether (sulfide) groups is 2. The summed E-state index contributed by atoms with van der Waals surface area (Å²) in [5.41, 5.74) is 0.835. The van der Waals surface area contributed by atoms with Crippen LogP contribution in [-0.2, 0) is 9.59 Å². The van der Waals surface area contributed by atoms with Gasteiger partial charge >= 0.3 is 5.97 Å². The Morgan fingerprint density at radius 2 is 1.38 bits per heavy atom. The molecule has 0 aliphatic rings. The number of benzene rings is 2. The third-order valence-electron chi connectivity index (χ3n) is 3.72. The van der Waals surface area contributed by atoms with Crippen LogP contribution in [-0.4, -0.2) is 56.0 Å². The second kappa shape index (κ2) is 11.4. The molecule has 0 saturated heterocycles. The standard InChI is InChI=1S/C20H19NO6S2/c22-11-15(18(24)25)21-17(23)16(29-20(27)14-9-5-2-6-10-14)12-28-19(26)13-7-3-1-4-8-13/h1-10,15-16,22H,11-12H2,(H,21,23)(H,24,25)/t15?,16-/m0/s1. The van der Waals surface area contributed by atoms with Gasteiger partial charge in [0.2, 0.25) is 16.1 Å². The molecule has 0 aromatic heterocycles. The molecule has 3 N–H and O–H groups in total. The topological polar surface area (TPSA) is 121 Å². The molecule has 0 spiro atoms. The first-order chi connectivity index (χ1) is 13.9. The van der Waals surface area contributed by atoms with Gasteiger partial charge in [-0.15, -0.1) is 0 Å². The summed E-state index contributed by atoms with van der Waals surface area (Å²) in [6.07, 6.45) is 0. The highest BCUT2D eigenvalue weighted by Gasteiger charge is 2.28. The molecule has 0 aliphatic heterocycles. The third-order valence-corrected chi connectivity index (χ3v) is 6.05. The number of hydrogen-bond acceptors (Lipinski definition) is 7. The van der Waals surface area contributed by atoms with E-state index in [2.05, 4.69) is 5.32 Å². The first-order valence-electron chi connectivity index (χ1n) is 8.54. The molecule has 9 heteroatoms. The van der Waals surface area contributed by atoms with Gasteiger partial charge in [0.05, 0.1) is 6.61 Å². The zero-order chi connectivity index (χ0) is 21.2. The van der Waals surface area contributed by atoms with E-state index in [0.717, 1.165) is 11.8 Å². The van der Waals surface area contributed by atoms with Crippen molar-refractivity contribution in [2.24, 2.45) is 0 Å². The van der Waals surface area contributed by atoms with Crippen molar-refractivity contribution in [1.29, 1.82) is 0 Å². The number of carbonyl (C=O) groups is 4. The molecule has 2 atom stereocenters. The lowest BCUT2D eigenvalue weighted by atomic mass is 10.2. The molecule has 0 radical (unpaired) electrons. The van der Waals surface area contributed by atoms with Crippen molar-refractivity contribution in [2.45, 2.75) is 11.3 Å². The van der Waals surface area contributed by atoms with E-state index < -0.39 is 29.8 Å². The summed E-state index contributed by atoms with van der Waals surface area (Å²) >= 11 is 1.57. The van der Waals surface area contributed by atoms with Crippen molar-refractivity contribution in [3.8, 4) is 0 Å². The van der Waals surface area contributed by atoms with Crippen molar-refractivity contribution in [1.82, 2.24) is 5.32 Å². The van der Waals surface area contributed by atoms with Crippen LogP contribution in [0.1, 0.15) is 20.7 Å². The van der Waals surface area contributed by atoms with E-state index in [1.54, 1.807) is 60.7 Å². The lowest BCUT2D eigenvalue weighted by Crippen LogP contribution is -2.47. The fourth-order valence-electron chi connectivity index (χ4n) is 2.19. The van der Waals surface area contributed by atoms with E-state index in [-0.39, 0.29) is 16.0 Å². The van der Waals surface area contributed by atoms with Gasteiger partial charge in [0.15, 0.2) is 0 Å². The highest BCUT2D eigenvalue weighted by atomic mass is 32.2. The zero-order valence-electron chi connectivity index (χ0n) is 15.2. The van der Waals surface area contributed by atoms with E-state index in [1.165, 1.54) is 0 Å². The summed E-state index contributed by atoms with van der Waals surface area (Å²) in [6, 6.07) is 15.3. The monoisotopic (exact) mass is 433 g/mol. The Labute approximate surface area is 175 Å². The largest absolute Gasteiger partial charge is 0.480 e. The van der Waals surface area contributed by atoms with Gasteiger partial charge in [-0.05, 0) is 0 Å². The highest BCUT2D eigenvalue weighted by Crippen LogP contribution is 2.24. The lowest BCUT2D eigenvalue weighted by Gasteiger charge is -2.18. The molecule has 152 valence electrons. The van der Waals surface area contributed by atoms with E-state index in [0.29, 0.717) is 22.9 Å². The second-order valence-corrected chi connectivity index (χ2v) is 7.97. The van der Waals surface area contributed by atoms with Crippen LogP contribution in [0.2, 0.25) is 0 Å². The smallest absolute Gasteiger partial charge is 0.328 e. The Morgan fingerprint density at radius 3 is 1.86 bits per heavy atom. The zero-order valence-corrected chi connectivity index (χ0v) is 16.8. The van der Waals surface area contributed by atoms with Gasteiger partial charge in [-0.1, -0.05) is 84.2 Å². The molecular weight excluding hydrogens is 414 g/mol. The van der Waals surface area contributed by atoms with Gasteiger partial charge in [-0.3, -0.25) is 14.4 Å². The first-order valence-corrected chi connectivity index (χ1v) is 10.4. The predicted molar refractivity (Wildman–Crippen MR) is 112 cm³/mol. The van der Waals surface area contributed by atoms with Crippen LogP contribution in [0.5, 0.6) is 0 Å². The van der Waals surface area contributed by atoms with E-state index in [4.69, 9.17) is 10.2 Å². The van der Waals surface area contributed by atoms with Crippen LogP contribution in [0.3, 0.4) is 0 Å². The molecule has 0 fully saturated rings. The maximum absolute atomic E-state index is 12.5. The summed E-state index contributed by atoms with van der Waals surface area (Å²) in [5.74, 6) is -2.18. The molecule has 2 aromatic rings. The number of amides is 1. The summed E-state index contributed by atoms with van der Waals surface area (Å²) in [4.78, 5) is 48.4. The number of hydrogen-bond donors (Lipinski definition) is 3. The molecular formula is C20H19NO6S2. The lowest BCUT2D eigenvalue weighted by molar-refractivity contribution is -0.142. The Morgan fingerprint density at radius 1 is 0.862 bits per heavy atom. The number of rotatable bonds is 9.